The fourth-order valence-electron chi connectivity index (χ4n) is 2.42. The molecule has 0 unspecified atom stereocenters. The second-order valence-electron chi connectivity index (χ2n) is 6.11. The maximum atomic E-state index is 10.0. The number of hydrogen-bond donors (Lipinski definition) is 1. The Morgan fingerprint density at radius 3 is 2.89 bits per heavy atom. The van der Waals surface area contributed by atoms with Crippen molar-refractivity contribution in [3.8, 4) is 12.3 Å². The number of nitrogens with zero attached hydrogens (tertiary/aromatic N) is 1. The molecule has 1 aliphatic rings. The van der Waals surface area contributed by atoms with E-state index in [9.17, 15) is 5.11 Å². The molecule has 0 spiro atoms. The number of β-amino-alcohol motifs (C(OH)–C–C–N with tert-alkyl or cyclic N) is 1. The lowest BCUT2D eigenvalue weighted by molar-refractivity contribution is -0.0648. The normalized spacial score (nSPS) is 23.6. The molecule has 1 N–H and O–H groups in total. The first-order valence-electron chi connectivity index (χ1n) is 6.91. The molecule has 0 radical (unpaired) electrons. The van der Waals surface area contributed by atoms with E-state index in [-0.39, 0.29) is 5.60 Å². The van der Waals surface area contributed by atoms with Gasteiger partial charge in [0.25, 0.3) is 0 Å². The fourth-order valence-corrected chi connectivity index (χ4v) is 2.42. The molecular weight excluding hydrogens is 226 g/mol. The quantitative estimate of drug-likeness (QED) is 0.734. The van der Waals surface area contributed by atoms with Crippen molar-refractivity contribution in [2.24, 2.45) is 5.92 Å². The molecule has 1 heterocycles. The van der Waals surface area contributed by atoms with Crippen molar-refractivity contribution in [1.29, 1.82) is 0 Å². The molecule has 0 saturated carbocycles. The van der Waals surface area contributed by atoms with Crippen LogP contribution < -0.4 is 0 Å². The van der Waals surface area contributed by atoms with E-state index in [2.05, 4.69) is 17.7 Å². The van der Waals surface area contributed by atoms with Crippen LogP contribution in [0.1, 0.15) is 40.0 Å². The molecule has 0 aromatic carbocycles. The number of terminal acetylenes is 1. The smallest absolute Gasteiger partial charge is 0.0900 e. The summed E-state index contributed by atoms with van der Waals surface area (Å²) in [6.07, 6.45) is 7.97. The van der Waals surface area contributed by atoms with Gasteiger partial charge in [-0.15, -0.1) is 12.3 Å². The molecule has 104 valence electrons. The summed E-state index contributed by atoms with van der Waals surface area (Å²) in [5.41, 5.74) is -0.342. The van der Waals surface area contributed by atoms with Crippen molar-refractivity contribution in [2.45, 2.75) is 51.7 Å². The van der Waals surface area contributed by atoms with E-state index in [0.717, 1.165) is 19.0 Å². The zero-order valence-electron chi connectivity index (χ0n) is 12.0. The average Bonchev–Trinajstić information content (AvgIpc) is 2.26. The van der Waals surface area contributed by atoms with Crippen molar-refractivity contribution in [1.82, 2.24) is 4.90 Å². The van der Waals surface area contributed by atoms with Crippen LogP contribution in [0.3, 0.4) is 0 Å². The van der Waals surface area contributed by atoms with Crippen molar-refractivity contribution < 1.29 is 9.84 Å². The van der Waals surface area contributed by atoms with Crippen LogP contribution in [0.15, 0.2) is 0 Å². The summed E-state index contributed by atoms with van der Waals surface area (Å²) in [5, 5.41) is 10.0. The van der Waals surface area contributed by atoms with Gasteiger partial charge in [0.15, 0.2) is 0 Å². The monoisotopic (exact) mass is 253 g/mol. The molecule has 18 heavy (non-hydrogen) atoms. The van der Waals surface area contributed by atoms with Crippen LogP contribution in [0.2, 0.25) is 0 Å². The zero-order valence-corrected chi connectivity index (χ0v) is 12.0. The van der Waals surface area contributed by atoms with Crippen molar-refractivity contribution >= 4 is 0 Å². The third kappa shape index (κ3) is 5.86. The van der Waals surface area contributed by atoms with Crippen LogP contribution in [-0.4, -0.2) is 48.0 Å². The van der Waals surface area contributed by atoms with Gasteiger partial charge in [0.1, 0.15) is 0 Å². The number of hydrogen-bond acceptors (Lipinski definition) is 3. The van der Waals surface area contributed by atoms with Gasteiger partial charge in [-0.2, -0.15) is 0 Å². The largest absolute Gasteiger partial charge is 0.389 e. The third-order valence-electron chi connectivity index (χ3n) is 3.40. The molecular formula is C15H27NO2. The molecule has 0 aliphatic carbocycles. The first-order valence-corrected chi connectivity index (χ1v) is 6.91. The highest BCUT2D eigenvalue weighted by atomic mass is 16.5. The predicted octanol–water partition coefficient (Wildman–Crippen LogP) is 1.90. The number of likely N-dealkylation sites (tertiary alicyclic amines) is 1. The molecule has 1 saturated heterocycles. The lowest BCUT2D eigenvalue weighted by Gasteiger charge is -2.33. The van der Waals surface area contributed by atoms with Gasteiger partial charge < -0.3 is 14.7 Å². The number of ether oxygens (including phenoxy) is 1. The molecule has 0 amide bonds. The van der Waals surface area contributed by atoms with E-state index in [1.807, 2.05) is 13.8 Å². The predicted molar refractivity (Wildman–Crippen MR) is 74.3 cm³/mol. The van der Waals surface area contributed by atoms with E-state index >= 15 is 0 Å². The number of piperidine rings is 1. The van der Waals surface area contributed by atoms with Crippen LogP contribution in [0.4, 0.5) is 0 Å². The molecule has 0 aromatic heterocycles. The van der Waals surface area contributed by atoms with Gasteiger partial charge in [0, 0.05) is 19.5 Å². The van der Waals surface area contributed by atoms with Crippen LogP contribution in [-0.2, 0) is 4.74 Å². The van der Waals surface area contributed by atoms with Crippen LogP contribution in [0.5, 0.6) is 0 Å². The van der Waals surface area contributed by atoms with Crippen molar-refractivity contribution in [2.75, 3.05) is 26.2 Å². The summed E-state index contributed by atoms with van der Waals surface area (Å²) >= 11 is 0. The van der Waals surface area contributed by atoms with Gasteiger partial charge in [0.05, 0.1) is 18.3 Å². The highest BCUT2D eigenvalue weighted by Crippen LogP contribution is 2.17. The SMILES string of the molecule is C#CCC(C)(C)OC[C@@H](O)CN1CCC[C@@H](C)C1. The van der Waals surface area contributed by atoms with Crippen molar-refractivity contribution in [3.05, 3.63) is 0 Å². The van der Waals surface area contributed by atoms with E-state index in [4.69, 9.17) is 11.2 Å². The molecule has 3 nitrogen and oxygen atoms in total. The molecule has 2 atom stereocenters. The van der Waals surface area contributed by atoms with Gasteiger partial charge in [-0.1, -0.05) is 6.92 Å². The minimum absolute atomic E-state index is 0.342. The molecule has 0 aromatic rings. The average molecular weight is 253 g/mol. The van der Waals surface area contributed by atoms with E-state index in [1.165, 1.54) is 12.8 Å². The van der Waals surface area contributed by atoms with E-state index in [0.29, 0.717) is 19.6 Å². The lowest BCUT2D eigenvalue weighted by atomic mass is 10.00. The van der Waals surface area contributed by atoms with Crippen molar-refractivity contribution in [3.63, 3.8) is 0 Å². The first kappa shape index (κ1) is 15.5. The second-order valence-corrected chi connectivity index (χ2v) is 6.11. The summed E-state index contributed by atoms with van der Waals surface area (Å²) in [7, 11) is 0. The third-order valence-corrected chi connectivity index (χ3v) is 3.40. The lowest BCUT2D eigenvalue weighted by Crippen LogP contribution is -2.41. The van der Waals surface area contributed by atoms with Crippen LogP contribution in [0.25, 0.3) is 0 Å². The van der Waals surface area contributed by atoms with Gasteiger partial charge in [-0.25, -0.2) is 0 Å². The van der Waals surface area contributed by atoms with Gasteiger partial charge in [-0.3, -0.25) is 0 Å². The minimum Gasteiger partial charge on any atom is -0.389 e. The molecule has 1 fully saturated rings. The summed E-state index contributed by atoms with van der Waals surface area (Å²) in [6, 6.07) is 0. The van der Waals surface area contributed by atoms with Gasteiger partial charge in [-0.05, 0) is 39.2 Å². The maximum absolute atomic E-state index is 10.0. The molecule has 1 aliphatic heterocycles. The van der Waals surface area contributed by atoms with Gasteiger partial charge >= 0.3 is 0 Å². The summed E-state index contributed by atoms with van der Waals surface area (Å²) < 4.78 is 5.68. The summed E-state index contributed by atoms with van der Waals surface area (Å²) in [5.74, 6) is 3.34. The van der Waals surface area contributed by atoms with Crippen LogP contribution >= 0.6 is 0 Å². The first-order chi connectivity index (χ1) is 8.43. The van der Waals surface area contributed by atoms with E-state index in [1.54, 1.807) is 0 Å². The fraction of sp³-hybridized carbons (Fsp3) is 0.867. The van der Waals surface area contributed by atoms with Gasteiger partial charge in [0.2, 0.25) is 0 Å². The summed E-state index contributed by atoms with van der Waals surface area (Å²) in [6.45, 7) is 9.44. The Morgan fingerprint density at radius 1 is 1.56 bits per heavy atom. The number of aliphatic hydroxyl groups excluding tert-OH is 1. The molecule has 1 rings (SSSR count). The van der Waals surface area contributed by atoms with Crippen LogP contribution in [0, 0.1) is 18.3 Å². The van der Waals surface area contributed by atoms with E-state index < -0.39 is 6.10 Å². The minimum atomic E-state index is -0.424. The Kier molecular flexibility index (Phi) is 6.14. The Balaban J connectivity index is 2.25. The molecule has 0 bridgehead atoms. The Hall–Kier alpha value is -0.560. The standard InChI is InChI=1S/C15H27NO2/c1-5-8-15(3,4)18-12-14(17)11-16-9-6-7-13(2)10-16/h1,13-14,17H,6-12H2,2-4H3/t13-,14+/m1/s1. The number of aliphatic hydroxyl groups is 1. The maximum Gasteiger partial charge on any atom is 0.0900 e. The Bertz CT molecular complexity index is 283. The Morgan fingerprint density at radius 2 is 2.28 bits per heavy atom. The molecule has 3 heteroatoms. The highest BCUT2D eigenvalue weighted by Gasteiger charge is 2.22. The topological polar surface area (TPSA) is 32.7 Å². The summed E-state index contributed by atoms with van der Waals surface area (Å²) in [4.78, 5) is 2.33. The second kappa shape index (κ2) is 7.13. The Labute approximate surface area is 112 Å². The highest BCUT2D eigenvalue weighted by molar-refractivity contribution is 4.92. The zero-order chi connectivity index (χ0) is 13.6. The number of rotatable bonds is 6.